The molecule has 1 aliphatic rings. The van der Waals surface area contributed by atoms with E-state index in [0.29, 0.717) is 6.42 Å². The van der Waals surface area contributed by atoms with Gasteiger partial charge in [0.05, 0.1) is 6.42 Å². The van der Waals surface area contributed by atoms with Gasteiger partial charge in [-0.2, -0.15) is 0 Å². The molecule has 2 nitrogen and oxygen atoms in total. The van der Waals surface area contributed by atoms with Gasteiger partial charge in [-0.1, -0.05) is 48.5 Å². The zero-order valence-corrected chi connectivity index (χ0v) is 10.9. The van der Waals surface area contributed by atoms with Crippen molar-refractivity contribution in [3.8, 4) is 0 Å². The van der Waals surface area contributed by atoms with Crippen LogP contribution in [0.15, 0.2) is 54.6 Å². The average molecular weight is 251 g/mol. The van der Waals surface area contributed by atoms with Crippen LogP contribution in [0.4, 0.5) is 5.69 Å². The monoisotopic (exact) mass is 251 g/mol. The maximum absolute atomic E-state index is 12.5. The van der Waals surface area contributed by atoms with Crippen molar-refractivity contribution < 1.29 is 4.79 Å². The summed E-state index contributed by atoms with van der Waals surface area (Å²) in [7, 11) is 0. The van der Waals surface area contributed by atoms with Gasteiger partial charge in [0.25, 0.3) is 0 Å². The van der Waals surface area contributed by atoms with Crippen molar-refractivity contribution in [2.24, 2.45) is 0 Å². The quantitative estimate of drug-likeness (QED) is 0.802. The summed E-state index contributed by atoms with van der Waals surface area (Å²) in [6, 6.07) is 18.2. The Hall–Kier alpha value is -2.09. The SMILES string of the molecule is O=C(Cc1ccccc1)N1CCCc2ccccc21. The number of rotatable bonds is 2. The third kappa shape index (κ3) is 2.53. The molecule has 0 aliphatic carbocycles. The zero-order chi connectivity index (χ0) is 13.1. The highest BCUT2D eigenvalue weighted by atomic mass is 16.2. The number of nitrogens with zero attached hydrogens (tertiary/aromatic N) is 1. The molecule has 19 heavy (non-hydrogen) atoms. The van der Waals surface area contributed by atoms with E-state index in [1.54, 1.807) is 0 Å². The summed E-state index contributed by atoms with van der Waals surface area (Å²) in [5.74, 6) is 0.193. The second-order valence-electron chi connectivity index (χ2n) is 4.94. The average Bonchev–Trinajstić information content (AvgIpc) is 2.47. The fourth-order valence-electron chi connectivity index (χ4n) is 2.66. The Morgan fingerprint density at radius 1 is 1.00 bits per heavy atom. The maximum Gasteiger partial charge on any atom is 0.231 e. The third-order valence-electron chi connectivity index (χ3n) is 3.61. The number of benzene rings is 2. The van der Waals surface area contributed by atoms with E-state index in [1.807, 2.05) is 47.4 Å². The molecule has 0 saturated carbocycles. The van der Waals surface area contributed by atoms with Crippen LogP contribution in [-0.2, 0) is 17.6 Å². The standard InChI is InChI=1S/C17H17NO/c19-17(13-14-7-2-1-3-8-14)18-12-6-10-15-9-4-5-11-16(15)18/h1-5,7-9,11H,6,10,12-13H2. The maximum atomic E-state index is 12.5. The first-order valence-electron chi connectivity index (χ1n) is 6.77. The van der Waals surface area contributed by atoms with Crippen LogP contribution in [0.3, 0.4) is 0 Å². The van der Waals surface area contributed by atoms with E-state index in [1.165, 1.54) is 5.56 Å². The Kier molecular flexibility index (Phi) is 3.32. The first-order valence-corrected chi connectivity index (χ1v) is 6.77. The molecule has 0 N–H and O–H groups in total. The number of hydrogen-bond donors (Lipinski definition) is 0. The molecule has 0 radical (unpaired) electrons. The molecule has 3 rings (SSSR count). The van der Waals surface area contributed by atoms with Gasteiger partial charge in [0.15, 0.2) is 0 Å². The summed E-state index contributed by atoms with van der Waals surface area (Å²) in [6.07, 6.45) is 2.61. The van der Waals surface area contributed by atoms with Gasteiger partial charge in [0.1, 0.15) is 0 Å². The summed E-state index contributed by atoms with van der Waals surface area (Å²) in [6.45, 7) is 0.836. The van der Waals surface area contributed by atoms with E-state index in [4.69, 9.17) is 0 Å². The van der Waals surface area contributed by atoms with Gasteiger partial charge in [0.2, 0.25) is 5.91 Å². The molecular weight excluding hydrogens is 234 g/mol. The van der Waals surface area contributed by atoms with Crippen molar-refractivity contribution in [2.75, 3.05) is 11.4 Å². The van der Waals surface area contributed by atoms with Crippen molar-refractivity contribution in [1.29, 1.82) is 0 Å². The lowest BCUT2D eigenvalue weighted by Crippen LogP contribution is -2.36. The van der Waals surface area contributed by atoms with Gasteiger partial charge >= 0.3 is 0 Å². The lowest BCUT2D eigenvalue weighted by Gasteiger charge is -2.29. The Morgan fingerprint density at radius 2 is 1.74 bits per heavy atom. The first kappa shape index (κ1) is 12.0. The Balaban J connectivity index is 1.82. The van der Waals surface area contributed by atoms with Crippen molar-refractivity contribution in [3.05, 3.63) is 65.7 Å². The van der Waals surface area contributed by atoms with Crippen LogP contribution in [0.2, 0.25) is 0 Å². The Bertz CT molecular complexity index is 577. The second kappa shape index (κ2) is 5.27. The molecule has 0 saturated heterocycles. The highest BCUT2D eigenvalue weighted by molar-refractivity contribution is 5.95. The molecule has 1 amide bonds. The molecule has 0 fully saturated rings. The number of fused-ring (bicyclic) bond motifs is 1. The third-order valence-corrected chi connectivity index (χ3v) is 3.61. The second-order valence-corrected chi connectivity index (χ2v) is 4.94. The largest absolute Gasteiger partial charge is 0.312 e. The predicted molar refractivity (Wildman–Crippen MR) is 77.3 cm³/mol. The number of aryl methyl sites for hydroxylation is 1. The predicted octanol–water partition coefficient (Wildman–Crippen LogP) is 3.21. The molecular formula is C17H17NO. The fourth-order valence-corrected chi connectivity index (χ4v) is 2.66. The summed E-state index contributed by atoms with van der Waals surface area (Å²) in [4.78, 5) is 14.4. The minimum Gasteiger partial charge on any atom is -0.312 e. The van der Waals surface area contributed by atoms with Crippen molar-refractivity contribution >= 4 is 11.6 Å². The van der Waals surface area contributed by atoms with Crippen molar-refractivity contribution in [1.82, 2.24) is 0 Å². The smallest absolute Gasteiger partial charge is 0.231 e. The van der Waals surface area contributed by atoms with Crippen LogP contribution < -0.4 is 4.90 Å². The molecule has 0 aromatic heterocycles. The molecule has 0 atom stereocenters. The minimum absolute atomic E-state index is 0.193. The summed E-state index contributed by atoms with van der Waals surface area (Å²) in [5.41, 5.74) is 3.46. The van der Waals surface area contributed by atoms with Crippen molar-refractivity contribution in [2.45, 2.75) is 19.3 Å². The molecule has 0 spiro atoms. The Morgan fingerprint density at radius 3 is 2.58 bits per heavy atom. The van der Waals surface area contributed by atoms with Crippen molar-refractivity contribution in [3.63, 3.8) is 0 Å². The van der Waals surface area contributed by atoms with Gasteiger partial charge in [-0.15, -0.1) is 0 Å². The minimum atomic E-state index is 0.193. The molecule has 0 unspecified atom stereocenters. The summed E-state index contributed by atoms with van der Waals surface area (Å²) in [5, 5.41) is 0. The fraction of sp³-hybridized carbons (Fsp3) is 0.235. The number of anilines is 1. The molecule has 2 heteroatoms. The van der Waals surface area contributed by atoms with E-state index in [-0.39, 0.29) is 5.91 Å². The Labute approximate surface area is 113 Å². The molecule has 1 aliphatic heterocycles. The molecule has 1 heterocycles. The number of hydrogen-bond acceptors (Lipinski definition) is 1. The molecule has 2 aromatic rings. The van der Waals surface area contributed by atoms with Gasteiger partial charge < -0.3 is 4.90 Å². The molecule has 0 bridgehead atoms. The number of carbonyl (C=O) groups is 1. The van der Waals surface area contributed by atoms with Gasteiger partial charge in [0, 0.05) is 12.2 Å². The topological polar surface area (TPSA) is 20.3 Å². The number of para-hydroxylation sites is 1. The van der Waals surface area contributed by atoms with Gasteiger partial charge in [-0.05, 0) is 30.0 Å². The van der Waals surface area contributed by atoms with E-state index in [0.717, 1.165) is 30.6 Å². The van der Waals surface area contributed by atoms with Crippen LogP contribution in [0.1, 0.15) is 17.5 Å². The molecule has 96 valence electrons. The highest BCUT2D eigenvalue weighted by Crippen LogP contribution is 2.27. The lowest BCUT2D eigenvalue weighted by atomic mass is 10.0. The lowest BCUT2D eigenvalue weighted by molar-refractivity contribution is -0.118. The van der Waals surface area contributed by atoms with Crippen LogP contribution in [0, 0.1) is 0 Å². The van der Waals surface area contributed by atoms with E-state index in [9.17, 15) is 4.79 Å². The van der Waals surface area contributed by atoms with Crippen LogP contribution in [0.25, 0.3) is 0 Å². The molecule has 2 aromatic carbocycles. The van der Waals surface area contributed by atoms with E-state index >= 15 is 0 Å². The normalized spacial score (nSPS) is 14.0. The van der Waals surface area contributed by atoms with Crippen LogP contribution in [-0.4, -0.2) is 12.5 Å². The zero-order valence-electron chi connectivity index (χ0n) is 10.9. The number of amides is 1. The van der Waals surface area contributed by atoms with Crippen LogP contribution >= 0.6 is 0 Å². The summed E-state index contributed by atoms with van der Waals surface area (Å²) >= 11 is 0. The number of carbonyl (C=O) groups excluding carboxylic acids is 1. The highest BCUT2D eigenvalue weighted by Gasteiger charge is 2.21. The summed E-state index contributed by atoms with van der Waals surface area (Å²) < 4.78 is 0. The first-order chi connectivity index (χ1) is 9.34. The van der Waals surface area contributed by atoms with Gasteiger partial charge in [-0.3, -0.25) is 4.79 Å². The van der Waals surface area contributed by atoms with E-state index < -0.39 is 0 Å². The van der Waals surface area contributed by atoms with Crippen LogP contribution in [0.5, 0.6) is 0 Å². The van der Waals surface area contributed by atoms with Gasteiger partial charge in [-0.25, -0.2) is 0 Å². The van der Waals surface area contributed by atoms with E-state index in [2.05, 4.69) is 12.1 Å².